The van der Waals surface area contributed by atoms with E-state index < -0.39 is 0 Å². The van der Waals surface area contributed by atoms with Crippen LogP contribution in [-0.4, -0.2) is 20.6 Å². The van der Waals surface area contributed by atoms with Crippen LogP contribution in [0.15, 0.2) is 36.8 Å². The lowest BCUT2D eigenvalue weighted by Crippen LogP contribution is -2.01. The van der Waals surface area contributed by atoms with Crippen molar-refractivity contribution < 1.29 is 0 Å². The lowest BCUT2D eigenvalue weighted by Gasteiger charge is -2.00. The highest BCUT2D eigenvalue weighted by atomic mass is 32.2. The minimum atomic E-state index is 0.784. The third-order valence-corrected chi connectivity index (χ3v) is 2.91. The van der Waals surface area contributed by atoms with Gasteiger partial charge < -0.3 is 0 Å². The summed E-state index contributed by atoms with van der Waals surface area (Å²) >= 11 is 1.79. The molecule has 3 heterocycles. The lowest BCUT2D eigenvalue weighted by molar-refractivity contribution is 0.686. The van der Waals surface area contributed by atoms with Gasteiger partial charge in [-0.15, -0.1) is 0 Å². The third kappa shape index (κ3) is 1.97. The fourth-order valence-electron chi connectivity index (χ4n) is 1.41. The van der Waals surface area contributed by atoms with E-state index in [4.69, 9.17) is 0 Å². The first kappa shape index (κ1) is 8.79. The van der Waals surface area contributed by atoms with Crippen LogP contribution in [0.3, 0.4) is 0 Å². The summed E-state index contributed by atoms with van der Waals surface area (Å²) in [7, 11) is 0. The van der Waals surface area contributed by atoms with Gasteiger partial charge in [-0.2, -0.15) is 5.10 Å². The zero-order valence-electron chi connectivity index (χ0n) is 8.08. The van der Waals surface area contributed by atoms with Crippen LogP contribution in [-0.2, 0) is 6.54 Å². The van der Waals surface area contributed by atoms with Crippen molar-refractivity contribution in [1.82, 2.24) is 14.8 Å². The number of aromatic nitrogens is 3. The van der Waals surface area contributed by atoms with E-state index in [1.807, 2.05) is 29.2 Å². The molecule has 1 fully saturated rings. The van der Waals surface area contributed by atoms with Crippen molar-refractivity contribution in [2.75, 3.05) is 10.2 Å². The standard InChI is InChI=1S/C10H10N4S/c1-2-9(6-11-4-1)7-13-5-3-10(12-13)14-8-15-14/h1-6H,7-8H2. The van der Waals surface area contributed by atoms with Gasteiger partial charge in [0, 0.05) is 24.7 Å². The molecule has 0 amide bonds. The maximum absolute atomic E-state index is 4.46. The Morgan fingerprint density at radius 3 is 3.07 bits per heavy atom. The van der Waals surface area contributed by atoms with E-state index in [2.05, 4.69) is 20.5 Å². The topological polar surface area (TPSA) is 33.7 Å². The summed E-state index contributed by atoms with van der Waals surface area (Å²) in [5.41, 5.74) is 1.17. The van der Waals surface area contributed by atoms with E-state index in [-0.39, 0.29) is 0 Å². The zero-order chi connectivity index (χ0) is 10.1. The van der Waals surface area contributed by atoms with Crippen LogP contribution in [0.5, 0.6) is 0 Å². The molecule has 0 atom stereocenters. The van der Waals surface area contributed by atoms with Gasteiger partial charge in [0.25, 0.3) is 0 Å². The van der Waals surface area contributed by atoms with Gasteiger partial charge in [-0.25, -0.2) is 0 Å². The summed E-state index contributed by atoms with van der Waals surface area (Å²) in [6.07, 6.45) is 5.65. The summed E-state index contributed by atoms with van der Waals surface area (Å²) in [5.74, 6) is 2.10. The Morgan fingerprint density at radius 2 is 2.33 bits per heavy atom. The predicted octanol–water partition coefficient (Wildman–Crippen LogP) is 1.75. The fraction of sp³-hybridized carbons (Fsp3) is 0.200. The number of hydrogen-bond acceptors (Lipinski definition) is 4. The molecule has 2 aromatic rings. The molecule has 3 rings (SSSR count). The van der Waals surface area contributed by atoms with Crippen molar-refractivity contribution in [2.45, 2.75) is 6.54 Å². The molecule has 0 bridgehead atoms. The maximum atomic E-state index is 4.46. The highest BCUT2D eigenvalue weighted by Crippen LogP contribution is 2.33. The van der Waals surface area contributed by atoms with E-state index >= 15 is 0 Å². The Labute approximate surface area is 92.1 Å². The van der Waals surface area contributed by atoms with Gasteiger partial charge in [-0.05, 0) is 23.6 Å². The third-order valence-electron chi connectivity index (χ3n) is 2.21. The molecule has 0 N–H and O–H groups in total. The molecule has 1 saturated heterocycles. The molecule has 0 radical (unpaired) electrons. The van der Waals surface area contributed by atoms with Crippen LogP contribution in [0.25, 0.3) is 0 Å². The van der Waals surface area contributed by atoms with Crippen LogP contribution in [0, 0.1) is 0 Å². The second kappa shape index (κ2) is 3.58. The van der Waals surface area contributed by atoms with Crippen LogP contribution < -0.4 is 4.31 Å². The second-order valence-electron chi connectivity index (χ2n) is 3.37. The number of pyridine rings is 1. The fourth-order valence-corrected chi connectivity index (χ4v) is 1.83. The summed E-state index contributed by atoms with van der Waals surface area (Å²) in [5, 5.41) is 4.46. The smallest absolute Gasteiger partial charge is 0.161 e. The molecule has 5 heteroatoms. The average molecular weight is 218 g/mol. The van der Waals surface area contributed by atoms with Gasteiger partial charge in [0.05, 0.1) is 12.4 Å². The Kier molecular flexibility index (Phi) is 2.10. The molecule has 15 heavy (non-hydrogen) atoms. The molecule has 0 aliphatic carbocycles. The predicted molar refractivity (Wildman–Crippen MR) is 60.5 cm³/mol. The normalized spacial score (nSPS) is 14.3. The number of rotatable bonds is 3. The average Bonchev–Trinajstić information content (AvgIpc) is 3.02. The molecule has 4 nitrogen and oxygen atoms in total. The Balaban J connectivity index is 1.76. The summed E-state index contributed by atoms with van der Waals surface area (Å²) in [6, 6.07) is 6.04. The van der Waals surface area contributed by atoms with Crippen molar-refractivity contribution in [3.63, 3.8) is 0 Å². The summed E-state index contributed by atoms with van der Waals surface area (Å²) in [6.45, 7) is 0.784. The quantitative estimate of drug-likeness (QED) is 0.580. The molecule has 0 aromatic carbocycles. The maximum Gasteiger partial charge on any atom is 0.161 e. The minimum Gasteiger partial charge on any atom is -0.286 e. The lowest BCUT2D eigenvalue weighted by atomic mass is 10.3. The highest BCUT2D eigenvalue weighted by Gasteiger charge is 2.21. The molecule has 0 unspecified atom stereocenters. The van der Waals surface area contributed by atoms with E-state index in [9.17, 15) is 0 Å². The highest BCUT2D eigenvalue weighted by molar-refractivity contribution is 8.07. The van der Waals surface area contributed by atoms with Crippen LogP contribution in [0.1, 0.15) is 5.56 Å². The monoisotopic (exact) mass is 218 g/mol. The van der Waals surface area contributed by atoms with Crippen LogP contribution in [0.4, 0.5) is 5.82 Å². The second-order valence-corrected chi connectivity index (χ2v) is 4.33. The molecule has 2 aromatic heterocycles. The van der Waals surface area contributed by atoms with Crippen LogP contribution >= 0.6 is 11.9 Å². The first-order chi connectivity index (χ1) is 7.42. The van der Waals surface area contributed by atoms with Gasteiger partial charge in [0.15, 0.2) is 5.82 Å². The van der Waals surface area contributed by atoms with Gasteiger partial charge in [0.1, 0.15) is 0 Å². The van der Waals surface area contributed by atoms with Crippen molar-refractivity contribution in [1.29, 1.82) is 0 Å². The summed E-state index contributed by atoms with van der Waals surface area (Å²) in [4.78, 5) is 4.08. The first-order valence-electron chi connectivity index (χ1n) is 4.75. The molecule has 0 spiro atoms. The van der Waals surface area contributed by atoms with Gasteiger partial charge >= 0.3 is 0 Å². The number of nitrogens with zero attached hydrogens (tertiary/aromatic N) is 4. The molecular weight excluding hydrogens is 208 g/mol. The minimum absolute atomic E-state index is 0.784. The van der Waals surface area contributed by atoms with Gasteiger partial charge in [-0.1, -0.05) is 6.07 Å². The molecule has 1 aliphatic rings. The SMILES string of the molecule is c1cncc(Cn2ccc(N3CS3)n2)c1. The van der Waals surface area contributed by atoms with Crippen molar-refractivity contribution >= 4 is 17.8 Å². The van der Waals surface area contributed by atoms with E-state index in [1.54, 1.807) is 18.1 Å². The zero-order valence-corrected chi connectivity index (χ0v) is 8.89. The molecule has 0 saturated carbocycles. The summed E-state index contributed by atoms with van der Waals surface area (Å²) < 4.78 is 4.09. The van der Waals surface area contributed by atoms with Crippen LogP contribution in [0.2, 0.25) is 0 Å². The Bertz CT molecular complexity index is 449. The van der Waals surface area contributed by atoms with E-state index in [0.29, 0.717) is 0 Å². The largest absolute Gasteiger partial charge is 0.286 e. The first-order valence-corrected chi connectivity index (χ1v) is 5.69. The molecule has 1 aliphatic heterocycles. The van der Waals surface area contributed by atoms with E-state index in [1.165, 1.54) is 5.56 Å². The van der Waals surface area contributed by atoms with E-state index in [0.717, 1.165) is 18.2 Å². The molecular formula is C10H10N4S. The van der Waals surface area contributed by atoms with Gasteiger partial charge in [0.2, 0.25) is 0 Å². The molecule has 76 valence electrons. The number of anilines is 1. The Hall–Kier alpha value is -1.49. The van der Waals surface area contributed by atoms with Gasteiger partial charge in [-0.3, -0.25) is 14.0 Å². The van der Waals surface area contributed by atoms with Crippen molar-refractivity contribution in [3.8, 4) is 0 Å². The Morgan fingerprint density at radius 1 is 1.40 bits per heavy atom. The van der Waals surface area contributed by atoms with Crippen molar-refractivity contribution in [3.05, 3.63) is 42.4 Å². The number of hydrogen-bond donors (Lipinski definition) is 0. The van der Waals surface area contributed by atoms with Crippen molar-refractivity contribution in [2.24, 2.45) is 0 Å².